The van der Waals surface area contributed by atoms with E-state index in [9.17, 15) is 9.18 Å². The number of nitrogens with one attached hydrogen (secondary N) is 2. The highest BCUT2D eigenvalue weighted by molar-refractivity contribution is 5.85. The molecule has 6 heteroatoms. The van der Waals surface area contributed by atoms with E-state index >= 15 is 0 Å². The first-order valence-electron chi connectivity index (χ1n) is 7.76. The number of amides is 1. The van der Waals surface area contributed by atoms with Crippen molar-refractivity contribution in [3.8, 4) is 5.75 Å². The van der Waals surface area contributed by atoms with Gasteiger partial charge in [-0.15, -0.1) is 12.4 Å². The second-order valence-electron chi connectivity index (χ2n) is 6.86. The fourth-order valence-electron chi connectivity index (χ4n) is 2.41. The smallest absolute Gasteiger partial charge is 0.224 e. The Hall–Kier alpha value is -1.33. The van der Waals surface area contributed by atoms with Crippen molar-refractivity contribution in [1.82, 2.24) is 10.6 Å². The first-order chi connectivity index (χ1) is 10.4. The number of hydrogen-bond acceptors (Lipinski definition) is 3. The zero-order chi connectivity index (χ0) is 16.2. The van der Waals surface area contributed by atoms with Crippen LogP contribution in [0.3, 0.4) is 0 Å². The van der Waals surface area contributed by atoms with Crippen molar-refractivity contribution in [1.29, 1.82) is 0 Å². The first kappa shape index (κ1) is 19.7. The van der Waals surface area contributed by atoms with Crippen molar-refractivity contribution < 1.29 is 13.9 Å². The molecule has 0 spiro atoms. The number of carbonyl (C=O) groups is 1. The van der Waals surface area contributed by atoms with Crippen molar-refractivity contribution in [2.75, 3.05) is 19.7 Å². The normalized spacial score (nSPS) is 18.9. The van der Waals surface area contributed by atoms with E-state index in [1.165, 1.54) is 6.07 Å². The molecule has 2 rings (SSSR count). The van der Waals surface area contributed by atoms with Crippen molar-refractivity contribution >= 4 is 18.3 Å². The molecule has 1 aromatic carbocycles. The minimum absolute atomic E-state index is 0. The first-order valence-corrected chi connectivity index (χ1v) is 7.76. The lowest BCUT2D eigenvalue weighted by Gasteiger charge is -2.32. The maximum Gasteiger partial charge on any atom is 0.224 e. The summed E-state index contributed by atoms with van der Waals surface area (Å²) in [5.74, 6) is -0.115. The van der Waals surface area contributed by atoms with Gasteiger partial charge in [-0.25, -0.2) is 4.39 Å². The summed E-state index contributed by atoms with van der Waals surface area (Å²) in [6, 6.07) is 6.13. The van der Waals surface area contributed by atoms with E-state index in [1.54, 1.807) is 18.2 Å². The summed E-state index contributed by atoms with van der Waals surface area (Å²) >= 11 is 0. The Kier molecular flexibility index (Phi) is 7.29. The van der Waals surface area contributed by atoms with Crippen LogP contribution in [0.25, 0.3) is 0 Å². The Labute approximate surface area is 143 Å². The quantitative estimate of drug-likeness (QED) is 0.863. The lowest BCUT2D eigenvalue weighted by atomic mass is 9.86. The summed E-state index contributed by atoms with van der Waals surface area (Å²) in [7, 11) is 0. The van der Waals surface area contributed by atoms with Crippen molar-refractivity contribution in [3.05, 3.63) is 30.1 Å². The van der Waals surface area contributed by atoms with Gasteiger partial charge in [0.15, 0.2) is 11.6 Å². The molecule has 2 unspecified atom stereocenters. The van der Waals surface area contributed by atoms with Crippen LogP contribution >= 0.6 is 12.4 Å². The van der Waals surface area contributed by atoms with Crippen LogP contribution < -0.4 is 15.4 Å². The Bertz CT molecular complexity index is 514. The molecule has 1 heterocycles. The monoisotopic (exact) mass is 344 g/mol. The molecular formula is C17H26ClFN2O2. The minimum atomic E-state index is -0.388. The molecule has 4 nitrogen and oxygen atoms in total. The topological polar surface area (TPSA) is 50.4 Å². The lowest BCUT2D eigenvalue weighted by molar-refractivity contribution is -0.126. The molecule has 1 amide bonds. The summed E-state index contributed by atoms with van der Waals surface area (Å²) in [6.45, 7) is 7.96. The van der Waals surface area contributed by atoms with E-state index in [0.717, 1.165) is 19.5 Å². The number of rotatable bonds is 5. The van der Waals surface area contributed by atoms with Gasteiger partial charge in [0.05, 0.1) is 12.0 Å². The second kappa shape index (κ2) is 8.50. The Balaban J connectivity index is 0.00000264. The average molecular weight is 345 g/mol. The van der Waals surface area contributed by atoms with Crippen LogP contribution in [-0.2, 0) is 4.79 Å². The van der Waals surface area contributed by atoms with Gasteiger partial charge in [-0.05, 0) is 30.5 Å². The van der Waals surface area contributed by atoms with Crippen molar-refractivity contribution in [2.45, 2.75) is 33.2 Å². The second-order valence-corrected chi connectivity index (χ2v) is 6.86. The maximum atomic E-state index is 13.6. The SMILES string of the molecule is CC(C)(C)C(COc1ccccc1F)NC(=O)C1CCNC1.Cl. The summed E-state index contributed by atoms with van der Waals surface area (Å²) in [5.41, 5.74) is -0.174. The summed E-state index contributed by atoms with van der Waals surface area (Å²) < 4.78 is 19.2. The molecule has 1 aliphatic rings. The number of para-hydroxylation sites is 1. The van der Waals surface area contributed by atoms with Gasteiger partial charge in [0.1, 0.15) is 6.61 Å². The number of benzene rings is 1. The number of hydrogen-bond donors (Lipinski definition) is 2. The van der Waals surface area contributed by atoms with E-state index in [4.69, 9.17) is 4.74 Å². The van der Waals surface area contributed by atoms with Crippen LogP contribution in [0.5, 0.6) is 5.75 Å². The van der Waals surface area contributed by atoms with Gasteiger partial charge >= 0.3 is 0 Å². The molecule has 0 aromatic heterocycles. The molecule has 0 radical (unpaired) electrons. The highest BCUT2D eigenvalue weighted by Crippen LogP contribution is 2.23. The zero-order valence-corrected chi connectivity index (χ0v) is 14.7. The van der Waals surface area contributed by atoms with E-state index in [1.807, 2.05) is 20.8 Å². The standard InChI is InChI=1S/C17H25FN2O2.ClH/c1-17(2,3)15(20-16(21)12-8-9-19-10-12)11-22-14-7-5-4-6-13(14)18;/h4-7,12,15,19H,8-11H2,1-3H3,(H,20,21);1H. The van der Waals surface area contributed by atoms with Crippen molar-refractivity contribution in [2.24, 2.45) is 11.3 Å². The van der Waals surface area contributed by atoms with Crippen LogP contribution in [0.4, 0.5) is 4.39 Å². The Morgan fingerprint density at radius 2 is 2.13 bits per heavy atom. The third-order valence-corrected chi connectivity index (χ3v) is 4.04. The average Bonchev–Trinajstić information content (AvgIpc) is 2.97. The van der Waals surface area contributed by atoms with Crippen LogP contribution in [-0.4, -0.2) is 31.6 Å². The maximum absolute atomic E-state index is 13.6. The molecule has 0 bridgehead atoms. The van der Waals surface area contributed by atoms with Gasteiger partial charge < -0.3 is 15.4 Å². The van der Waals surface area contributed by atoms with Crippen molar-refractivity contribution in [3.63, 3.8) is 0 Å². The van der Waals surface area contributed by atoms with E-state index in [2.05, 4.69) is 10.6 Å². The predicted molar refractivity (Wildman–Crippen MR) is 91.5 cm³/mol. The number of carbonyl (C=O) groups excluding carboxylic acids is 1. The fraction of sp³-hybridized carbons (Fsp3) is 0.588. The van der Waals surface area contributed by atoms with Gasteiger partial charge in [-0.3, -0.25) is 4.79 Å². The van der Waals surface area contributed by atoms with Crippen LogP contribution in [0.2, 0.25) is 0 Å². The zero-order valence-electron chi connectivity index (χ0n) is 13.9. The molecule has 23 heavy (non-hydrogen) atoms. The number of ether oxygens (including phenoxy) is 1. The largest absolute Gasteiger partial charge is 0.488 e. The lowest BCUT2D eigenvalue weighted by Crippen LogP contribution is -2.49. The molecule has 130 valence electrons. The summed E-state index contributed by atoms with van der Waals surface area (Å²) in [6.07, 6.45) is 0.858. The Morgan fingerprint density at radius 1 is 1.43 bits per heavy atom. The molecule has 1 aromatic rings. The molecule has 1 fully saturated rings. The third kappa shape index (κ3) is 5.66. The molecule has 2 N–H and O–H groups in total. The van der Waals surface area contributed by atoms with Gasteiger partial charge in [-0.1, -0.05) is 32.9 Å². The summed E-state index contributed by atoms with van der Waals surface area (Å²) in [5, 5.41) is 6.25. The van der Waals surface area contributed by atoms with Gasteiger partial charge in [0.25, 0.3) is 0 Å². The highest BCUT2D eigenvalue weighted by atomic mass is 35.5. The molecule has 0 saturated carbocycles. The molecule has 0 aliphatic carbocycles. The molecule has 1 aliphatic heterocycles. The van der Waals surface area contributed by atoms with E-state index in [-0.39, 0.29) is 53.9 Å². The Morgan fingerprint density at radius 3 is 2.70 bits per heavy atom. The fourth-order valence-corrected chi connectivity index (χ4v) is 2.41. The van der Waals surface area contributed by atoms with Gasteiger partial charge in [0.2, 0.25) is 5.91 Å². The number of halogens is 2. The third-order valence-electron chi connectivity index (χ3n) is 4.04. The molecular weight excluding hydrogens is 319 g/mol. The van der Waals surface area contributed by atoms with Crippen LogP contribution in [0, 0.1) is 17.2 Å². The molecule has 1 saturated heterocycles. The van der Waals surface area contributed by atoms with E-state index in [0.29, 0.717) is 0 Å². The minimum Gasteiger partial charge on any atom is -0.488 e. The summed E-state index contributed by atoms with van der Waals surface area (Å²) in [4.78, 5) is 12.3. The van der Waals surface area contributed by atoms with Gasteiger partial charge in [0, 0.05) is 6.54 Å². The highest BCUT2D eigenvalue weighted by Gasteiger charge is 2.31. The van der Waals surface area contributed by atoms with Gasteiger partial charge in [-0.2, -0.15) is 0 Å². The predicted octanol–water partition coefficient (Wildman–Crippen LogP) is 2.77. The van der Waals surface area contributed by atoms with E-state index < -0.39 is 0 Å². The molecule has 2 atom stereocenters. The van der Waals surface area contributed by atoms with Crippen LogP contribution in [0.1, 0.15) is 27.2 Å². The van der Waals surface area contributed by atoms with Crippen LogP contribution in [0.15, 0.2) is 24.3 Å².